The molecule has 0 aromatic carbocycles. The third-order valence-corrected chi connectivity index (χ3v) is 3.44. The van der Waals surface area contributed by atoms with Gasteiger partial charge < -0.3 is 4.74 Å². The van der Waals surface area contributed by atoms with Crippen molar-refractivity contribution in [3.8, 4) is 0 Å². The van der Waals surface area contributed by atoms with Crippen LogP contribution in [-0.2, 0) is 9.84 Å². The van der Waals surface area contributed by atoms with E-state index in [1.807, 2.05) is 6.92 Å². The van der Waals surface area contributed by atoms with Gasteiger partial charge >= 0.3 is 0 Å². The Kier molecular flexibility index (Phi) is 2.61. The van der Waals surface area contributed by atoms with Gasteiger partial charge in [0, 0.05) is 18.4 Å². The average molecular weight is 183 g/mol. The highest BCUT2D eigenvalue weighted by molar-refractivity contribution is 4.94. The van der Waals surface area contributed by atoms with Crippen LogP contribution in [0.1, 0.15) is 45.4 Å². The molecule has 0 amide bonds. The summed E-state index contributed by atoms with van der Waals surface area (Å²) in [5.74, 6) is -0.374. The lowest BCUT2D eigenvalue weighted by Crippen LogP contribution is -2.40. The van der Waals surface area contributed by atoms with E-state index >= 15 is 0 Å². The fraction of sp³-hybridized carbons (Fsp3) is 1.00. The highest BCUT2D eigenvalue weighted by atomic mass is 16.6. The first-order valence-electron chi connectivity index (χ1n) is 5.61. The van der Waals surface area contributed by atoms with E-state index in [4.69, 9.17) is 4.74 Å². The second-order valence-electron chi connectivity index (χ2n) is 4.41. The van der Waals surface area contributed by atoms with E-state index in [2.05, 4.69) is 0 Å². The molecule has 75 valence electrons. The highest BCUT2D eigenvalue weighted by Gasteiger charge is 2.52. The van der Waals surface area contributed by atoms with E-state index in [0.29, 0.717) is 18.4 Å². The van der Waals surface area contributed by atoms with Gasteiger partial charge in [0.25, 0.3) is 0 Å². The van der Waals surface area contributed by atoms with Crippen molar-refractivity contribution in [1.82, 2.24) is 0 Å². The Morgan fingerprint density at radius 2 is 1.69 bits per heavy atom. The monoisotopic (exact) mass is 183 g/mol. The van der Waals surface area contributed by atoms with Crippen LogP contribution >= 0.6 is 0 Å². The molecule has 2 aliphatic carbocycles. The Labute approximate surface area is 80.3 Å². The van der Waals surface area contributed by atoms with Crippen LogP contribution in [0.5, 0.6) is 0 Å². The predicted octanol–water partition coefficient (Wildman–Crippen LogP) is 2.75. The lowest BCUT2D eigenvalue weighted by atomic mass is 9.92. The van der Waals surface area contributed by atoms with Crippen LogP contribution in [0.3, 0.4) is 0 Å². The standard InChI is InChI=1S/C11H19O2/c1-2-13-11(12,10-7-8-10)9-5-3-4-6-9/h9-10H,2-8H2,1H3. The molecule has 1 atom stereocenters. The molecule has 2 fully saturated rings. The summed E-state index contributed by atoms with van der Waals surface area (Å²) >= 11 is 0. The molecule has 2 heteroatoms. The van der Waals surface area contributed by atoms with Crippen LogP contribution in [-0.4, -0.2) is 12.4 Å². The van der Waals surface area contributed by atoms with Gasteiger partial charge in [-0.05, 0) is 32.6 Å². The van der Waals surface area contributed by atoms with Crippen molar-refractivity contribution in [2.24, 2.45) is 11.8 Å². The van der Waals surface area contributed by atoms with Crippen molar-refractivity contribution in [3.63, 3.8) is 0 Å². The largest absolute Gasteiger partial charge is 0.347 e. The quantitative estimate of drug-likeness (QED) is 0.616. The first-order valence-corrected chi connectivity index (χ1v) is 5.61. The van der Waals surface area contributed by atoms with Gasteiger partial charge in [-0.1, -0.05) is 12.8 Å². The molecule has 0 aromatic heterocycles. The summed E-state index contributed by atoms with van der Waals surface area (Å²) in [6, 6.07) is 0. The van der Waals surface area contributed by atoms with E-state index in [1.54, 1.807) is 0 Å². The van der Waals surface area contributed by atoms with E-state index < -0.39 is 5.79 Å². The summed E-state index contributed by atoms with van der Waals surface area (Å²) in [6.45, 7) is 2.51. The minimum Gasteiger partial charge on any atom is -0.347 e. The first kappa shape index (κ1) is 9.47. The van der Waals surface area contributed by atoms with Crippen molar-refractivity contribution < 1.29 is 9.84 Å². The Morgan fingerprint density at radius 3 is 2.15 bits per heavy atom. The van der Waals surface area contributed by atoms with Crippen LogP contribution in [0.25, 0.3) is 0 Å². The van der Waals surface area contributed by atoms with Crippen LogP contribution in [0.4, 0.5) is 0 Å². The Morgan fingerprint density at radius 1 is 1.15 bits per heavy atom. The molecular weight excluding hydrogens is 164 g/mol. The topological polar surface area (TPSA) is 29.1 Å². The molecular formula is C11H19O2. The van der Waals surface area contributed by atoms with E-state index in [9.17, 15) is 5.11 Å². The second-order valence-corrected chi connectivity index (χ2v) is 4.41. The van der Waals surface area contributed by atoms with E-state index in [1.165, 1.54) is 12.8 Å². The Bertz CT molecular complexity index is 171. The van der Waals surface area contributed by atoms with Gasteiger partial charge in [-0.3, -0.25) is 0 Å². The Hall–Kier alpha value is -0.0800. The van der Waals surface area contributed by atoms with E-state index in [0.717, 1.165) is 25.7 Å². The second kappa shape index (κ2) is 3.58. The summed E-state index contributed by atoms with van der Waals surface area (Å²) in [6.07, 6.45) is 6.85. The zero-order valence-corrected chi connectivity index (χ0v) is 8.42. The molecule has 1 radical (unpaired) electrons. The van der Waals surface area contributed by atoms with Gasteiger partial charge in [0.1, 0.15) is 0 Å². The molecule has 0 aliphatic heterocycles. The third-order valence-electron chi connectivity index (χ3n) is 3.44. The maximum Gasteiger partial charge on any atom is 0.207 e. The number of hydrogen-bond acceptors (Lipinski definition) is 1. The van der Waals surface area contributed by atoms with E-state index in [-0.39, 0.29) is 0 Å². The lowest BCUT2D eigenvalue weighted by molar-refractivity contribution is -0.282. The van der Waals surface area contributed by atoms with Gasteiger partial charge in [0.15, 0.2) is 0 Å². The molecule has 2 saturated carbocycles. The normalized spacial score (nSPS) is 29.1. The van der Waals surface area contributed by atoms with Crippen molar-refractivity contribution in [1.29, 1.82) is 0 Å². The third kappa shape index (κ3) is 1.75. The first-order chi connectivity index (χ1) is 6.27. The molecule has 0 heterocycles. The van der Waals surface area contributed by atoms with Gasteiger partial charge in [0.2, 0.25) is 5.79 Å². The van der Waals surface area contributed by atoms with Crippen molar-refractivity contribution in [3.05, 3.63) is 0 Å². The summed E-state index contributed by atoms with van der Waals surface area (Å²) in [5, 5.41) is 12.4. The van der Waals surface area contributed by atoms with Gasteiger partial charge in [-0.25, -0.2) is 0 Å². The van der Waals surface area contributed by atoms with Gasteiger partial charge in [-0.15, -0.1) is 0 Å². The molecule has 2 nitrogen and oxygen atoms in total. The van der Waals surface area contributed by atoms with Crippen LogP contribution in [0.2, 0.25) is 0 Å². The molecule has 0 aromatic rings. The zero-order chi connectivity index (χ0) is 9.31. The van der Waals surface area contributed by atoms with Gasteiger partial charge in [-0.2, -0.15) is 5.11 Å². The maximum absolute atomic E-state index is 12.4. The van der Waals surface area contributed by atoms with Crippen LogP contribution < -0.4 is 0 Å². The van der Waals surface area contributed by atoms with Gasteiger partial charge in [0.05, 0.1) is 0 Å². The highest BCUT2D eigenvalue weighted by Crippen LogP contribution is 2.49. The smallest absolute Gasteiger partial charge is 0.207 e. The predicted molar refractivity (Wildman–Crippen MR) is 49.7 cm³/mol. The molecule has 0 spiro atoms. The molecule has 0 bridgehead atoms. The summed E-state index contributed by atoms with van der Waals surface area (Å²) in [4.78, 5) is 0. The van der Waals surface area contributed by atoms with Crippen LogP contribution in [0, 0.1) is 11.8 Å². The minimum atomic E-state index is -1.01. The Balaban J connectivity index is 2.01. The fourth-order valence-electron chi connectivity index (χ4n) is 2.61. The molecule has 2 aliphatic rings. The lowest BCUT2D eigenvalue weighted by Gasteiger charge is -2.31. The van der Waals surface area contributed by atoms with Crippen molar-refractivity contribution in [2.75, 3.05) is 6.61 Å². The number of rotatable bonds is 4. The summed E-state index contributed by atoms with van der Waals surface area (Å²) < 4.78 is 5.48. The molecule has 0 saturated heterocycles. The molecule has 1 unspecified atom stereocenters. The number of hydrogen-bond donors (Lipinski definition) is 0. The van der Waals surface area contributed by atoms with Crippen LogP contribution in [0.15, 0.2) is 0 Å². The SMILES string of the molecule is CCOC([O])(C1CCCC1)C1CC1. The molecule has 0 N–H and O–H groups in total. The van der Waals surface area contributed by atoms with Crippen molar-refractivity contribution >= 4 is 0 Å². The zero-order valence-electron chi connectivity index (χ0n) is 8.42. The molecule has 2 rings (SSSR count). The minimum absolute atomic E-state index is 0.306. The fourth-order valence-corrected chi connectivity index (χ4v) is 2.61. The maximum atomic E-state index is 12.4. The molecule has 13 heavy (non-hydrogen) atoms. The van der Waals surface area contributed by atoms with Crippen molar-refractivity contribution in [2.45, 2.75) is 51.2 Å². The summed E-state index contributed by atoms with van der Waals surface area (Å²) in [7, 11) is 0. The number of ether oxygens (including phenoxy) is 1. The summed E-state index contributed by atoms with van der Waals surface area (Å²) in [5.41, 5.74) is 0. The average Bonchev–Trinajstić information content (AvgIpc) is 2.82.